The molecule has 0 unspecified atom stereocenters. The highest BCUT2D eigenvalue weighted by molar-refractivity contribution is 7.99. The second-order valence-corrected chi connectivity index (χ2v) is 9.49. The number of carbonyl (C=O) groups excluding carboxylic acids is 3. The number of aromatic nitrogens is 1. The first-order chi connectivity index (χ1) is 16.0. The van der Waals surface area contributed by atoms with Crippen LogP contribution < -0.4 is 15.4 Å². The number of thioether (sulfide) groups is 1. The molecular weight excluding hydrogens is 448 g/mol. The summed E-state index contributed by atoms with van der Waals surface area (Å²) in [6, 6.07) is 2.65. The van der Waals surface area contributed by atoms with Crippen LogP contribution in [0.3, 0.4) is 0 Å². The third-order valence-electron chi connectivity index (χ3n) is 4.73. The molecule has 1 heterocycles. The van der Waals surface area contributed by atoms with E-state index in [1.807, 2.05) is 0 Å². The molecule has 1 atom stereocenters. The fourth-order valence-electron chi connectivity index (χ4n) is 2.75. The molecule has 0 fully saturated rings. The Balaban J connectivity index is 0.000000999. The first-order valence-electron chi connectivity index (χ1n) is 11.5. The standard InChI is InChI=1S/C20H33NO3S.C7H7NO/c1-15(2)8-6-9-16(3)10-7-11-17(4)12-13-25-14-19(20(23)24)21-18(5)22;1-6(9)7-3-2-4-8-5-7/h8,10,12,19H,6-7,9,11,13-14H2,1-5H3,(H,21,22)(H,23,24);2-5H,1H3/b16-10+,17-12+;/t19-;/m0./s1. The van der Waals surface area contributed by atoms with E-state index in [4.69, 9.17) is 0 Å². The molecule has 34 heavy (non-hydrogen) atoms. The summed E-state index contributed by atoms with van der Waals surface area (Å²) in [6.07, 6.45) is 14.4. The minimum absolute atomic E-state index is 0.0897. The van der Waals surface area contributed by atoms with Gasteiger partial charge < -0.3 is 15.2 Å². The Bertz CT molecular complexity index is 857. The van der Waals surface area contributed by atoms with Crippen LogP contribution >= 0.6 is 11.8 Å². The molecule has 1 rings (SSSR count). The molecular formula is C27H40N2O4S. The summed E-state index contributed by atoms with van der Waals surface area (Å²) in [5, 5.41) is 13.3. The Labute approximate surface area is 209 Å². The number of aliphatic carboxylic acids is 1. The van der Waals surface area contributed by atoms with Gasteiger partial charge in [-0.05, 0) is 66.4 Å². The minimum Gasteiger partial charge on any atom is -0.548 e. The molecule has 2 N–H and O–H groups in total. The number of carboxylic acid groups (broad SMARTS) is 1. The van der Waals surface area contributed by atoms with Gasteiger partial charge in [-0.15, -0.1) is 0 Å². The predicted octanol–water partition coefficient (Wildman–Crippen LogP) is 4.10. The number of ketones is 1. The van der Waals surface area contributed by atoms with Crippen LogP contribution in [0.4, 0.5) is 0 Å². The summed E-state index contributed by atoms with van der Waals surface area (Å²) in [6.45, 7) is 11.4. The van der Waals surface area contributed by atoms with Gasteiger partial charge in [-0.3, -0.25) is 9.59 Å². The number of hydrogen-bond donors (Lipinski definition) is 1. The fourth-order valence-corrected chi connectivity index (χ4v) is 3.75. The van der Waals surface area contributed by atoms with Gasteiger partial charge in [-0.1, -0.05) is 34.9 Å². The number of H-pyrrole nitrogens is 1. The first-order valence-corrected chi connectivity index (χ1v) is 12.7. The highest BCUT2D eigenvalue weighted by atomic mass is 32.2. The molecule has 0 aliphatic rings. The van der Waals surface area contributed by atoms with Crippen molar-refractivity contribution in [3.63, 3.8) is 0 Å². The number of Topliss-reactive ketones (excluding diaryl/α,β-unsaturated/α-hetero) is 1. The van der Waals surface area contributed by atoms with E-state index < -0.39 is 12.0 Å². The van der Waals surface area contributed by atoms with E-state index in [0.29, 0.717) is 5.75 Å². The molecule has 1 aromatic rings. The van der Waals surface area contributed by atoms with Gasteiger partial charge in [0.2, 0.25) is 5.91 Å². The Hall–Kier alpha value is -2.67. The van der Waals surface area contributed by atoms with Crippen molar-refractivity contribution in [2.75, 3.05) is 11.5 Å². The van der Waals surface area contributed by atoms with Crippen LogP contribution in [0.25, 0.3) is 0 Å². The number of amides is 1. The van der Waals surface area contributed by atoms with Crippen LogP contribution in [0.1, 0.15) is 77.6 Å². The molecule has 0 spiro atoms. The van der Waals surface area contributed by atoms with Gasteiger partial charge in [0.05, 0.1) is 17.6 Å². The fraction of sp³-hybridized carbons (Fsp3) is 0.481. The molecule has 188 valence electrons. The lowest BCUT2D eigenvalue weighted by atomic mass is 10.1. The summed E-state index contributed by atoms with van der Waals surface area (Å²) in [7, 11) is 0. The van der Waals surface area contributed by atoms with Gasteiger partial charge in [0.15, 0.2) is 18.2 Å². The van der Waals surface area contributed by atoms with Crippen molar-refractivity contribution in [3.8, 4) is 0 Å². The maximum atomic E-state index is 10.9. The monoisotopic (exact) mass is 488 g/mol. The SMILES string of the molecule is CC(=O)N[C@@H](CSC/C=C(\C)CC/C=C(\C)CCC=C(C)C)C(=O)[O-].CC(=O)c1ccc[nH+]c1. The van der Waals surface area contributed by atoms with E-state index in [9.17, 15) is 19.5 Å². The quantitative estimate of drug-likeness (QED) is 0.256. The second kappa shape index (κ2) is 18.7. The summed E-state index contributed by atoms with van der Waals surface area (Å²) < 4.78 is 0. The predicted molar refractivity (Wildman–Crippen MR) is 138 cm³/mol. The van der Waals surface area contributed by atoms with E-state index in [1.165, 1.54) is 35.4 Å². The highest BCUT2D eigenvalue weighted by Crippen LogP contribution is 2.13. The maximum absolute atomic E-state index is 10.9. The number of carboxylic acids is 1. The zero-order valence-electron chi connectivity index (χ0n) is 21.4. The summed E-state index contributed by atoms with van der Waals surface area (Å²) in [4.78, 5) is 35.3. The molecule has 0 radical (unpaired) electrons. The normalized spacial score (nSPS) is 12.2. The molecule has 0 aliphatic heterocycles. The van der Waals surface area contributed by atoms with Crippen molar-refractivity contribution >= 4 is 29.4 Å². The number of rotatable bonds is 13. The van der Waals surface area contributed by atoms with Crippen LogP contribution in [-0.2, 0) is 9.59 Å². The lowest BCUT2D eigenvalue weighted by Crippen LogP contribution is -2.48. The molecule has 0 saturated heterocycles. The number of hydrogen-bond acceptors (Lipinski definition) is 5. The van der Waals surface area contributed by atoms with E-state index in [1.54, 1.807) is 31.5 Å². The van der Waals surface area contributed by atoms with Crippen molar-refractivity contribution in [1.29, 1.82) is 0 Å². The summed E-state index contributed by atoms with van der Waals surface area (Å²) in [5.74, 6) is -0.453. The lowest BCUT2D eigenvalue weighted by molar-refractivity contribution is -0.378. The van der Waals surface area contributed by atoms with Crippen molar-refractivity contribution in [3.05, 3.63) is 65.0 Å². The van der Waals surface area contributed by atoms with Crippen molar-refractivity contribution in [1.82, 2.24) is 5.32 Å². The molecule has 1 aromatic heterocycles. The van der Waals surface area contributed by atoms with Gasteiger partial charge in [0.1, 0.15) is 0 Å². The number of aromatic amines is 1. The number of carbonyl (C=O) groups is 3. The smallest absolute Gasteiger partial charge is 0.217 e. The van der Waals surface area contributed by atoms with Crippen LogP contribution in [0.5, 0.6) is 0 Å². The molecule has 0 aliphatic carbocycles. The Morgan fingerprint density at radius 3 is 2.09 bits per heavy atom. The van der Waals surface area contributed by atoms with E-state index in [-0.39, 0.29) is 11.7 Å². The maximum Gasteiger partial charge on any atom is 0.217 e. The largest absolute Gasteiger partial charge is 0.548 e. The van der Waals surface area contributed by atoms with Crippen LogP contribution in [0, 0.1) is 0 Å². The van der Waals surface area contributed by atoms with E-state index >= 15 is 0 Å². The first kappa shape index (κ1) is 31.3. The van der Waals surface area contributed by atoms with Crippen LogP contribution in [0.2, 0.25) is 0 Å². The van der Waals surface area contributed by atoms with Crippen LogP contribution in [0.15, 0.2) is 59.5 Å². The van der Waals surface area contributed by atoms with Crippen molar-refractivity contribution in [2.45, 2.75) is 73.3 Å². The van der Waals surface area contributed by atoms with Gasteiger partial charge in [-0.25, -0.2) is 4.98 Å². The molecule has 6 nitrogen and oxygen atoms in total. The third kappa shape index (κ3) is 17.8. The highest BCUT2D eigenvalue weighted by Gasteiger charge is 2.10. The summed E-state index contributed by atoms with van der Waals surface area (Å²) in [5.41, 5.74) is 4.80. The van der Waals surface area contributed by atoms with Crippen LogP contribution in [-0.4, -0.2) is 35.2 Å². The zero-order chi connectivity index (χ0) is 25.9. The van der Waals surface area contributed by atoms with E-state index in [0.717, 1.165) is 37.0 Å². The van der Waals surface area contributed by atoms with Gasteiger partial charge in [0, 0.05) is 24.5 Å². The molecule has 0 aromatic carbocycles. The average Bonchev–Trinajstić information content (AvgIpc) is 2.76. The topological polar surface area (TPSA) is 100 Å². The second-order valence-electron chi connectivity index (χ2n) is 8.42. The lowest BCUT2D eigenvalue weighted by Gasteiger charge is -2.17. The van der Waals surface area contributed by atoms with Gasteiger partial charge in [-0.2, -0.15) is 11.8 Å². The Morgan fingerprint density at radius 1 is 1.00 bits per heavy atom. The number of allylic oxidation sites excluding steroid dienone is 5. The Morgan fingerprint density at radius 2 is 1.62 bits per heavy atom. The number of nitrogens with one attached hydrogen (secondary N) is 2. The molecule has 0 saturated carbocycles. The molecule has 1 amide bonds. The zero-order valence-corrected chi connectivity index (χ0v) is 22.2. The molecule has 0 bridgehead atoms. The summed E-state index contributed by atoms with van der Waals surface area (Å²) >= 11 is 1.48. The van der Waals surface area contributed by atoms with Crippen molar-refractivity contribution < 1.29 is 24.5 Å². The van der Waals surface area contributed by atoms with Gasteiger partial charge in [0.25, 0.3) is 0 Å². The average molecular weight is 489 g/mol. The van der Waals surface area contributed by atoms with Crippen molar-refractivity contribution in [2.24, 2.45) is 0 Å². The number of pyridine rings is 1. The Kier molecular flexibility index (Phi) is 17.3. The minimum atomic E-state index is -1.24. The van der Waals surface area contributed by atoms with E-state index in [2.05, 4.69) is 56.2 Å². The molecule has 7 heteroatoms. The van der Waals surface area contributed by atoms with Gasteiger partial charge >= 0.3 is 0 Å². The third-order valence-corrected chi connectivity index (χ3v) is 5.70.